The molecule has 2 saturated heterocycles. The molecular formula is C49H72F6N4O13. The molecule has 0 spiro atoms. The molecule has 72 heavy (non-hydrogen) atoms. The van der Waals surface area contributed by atoms with E-state index in [9.17, 15) is 50.3 Å². The van der Waals surface area contributed by atoms with Crippen molar-refractivity contribution in [1.29, 1.82) is 0 Å². The monoisotopic (exact) mass is 1040 g/mol. The molecule has 0 aromatic heterocycles. The third-order valence-electron chi connectivity index (χ3n) is 10.8. The van der Waals surface area contributed by atoms with Gasteiger partial charge in [0.25, 0.3) is 0 Å². The highest BCUT2D eigenvalue weighted by Gasteiger charge is 2.42. The van der Waals surface area contributed by atoms with Gasteiger partial charge in [-0.25, -0.2) is 24.0 Å². The smallest absolute Gasteiger partial charge is 0.476 e. The van der Waals surface area contributed by atoms with E-state index in [0.717, 1.165) is 36.1 Å². The Kier molecular flexibility index (Phi) is 23.3. The molecule has 2 heterocycles. The number of ether oxygens (including phenoxy) is 8. The summed E-state index contributed by atoms with van der Waals surface area (Å²) >= 11 is 0. The number of rotatable bonds is 16. The third kappa shape index (κ3) is 20.1. The van der Waals surface area contributed by atoms with Crippen molar-refractivity contribution in [2.24, 2.45) is 0 Å². The average molecular weight is 1040 g/mol. The molecule has 4 rings (SSSR count). The van der Waals surface area contributed by atoms with Crippen LogP contribution in [0.1, 0.15) is 98.9 Å². The minimum atomic E-state index is -4.62. The quantitative estimate of drug-likeness (QED) is 0.0673. The molecule has 17 nitrogen and oxygen atoms in total. The van der Waals surface area contributed by atoms with E-state index in [1.54, 1.807) is 40.7 Å². The van der Waals surface area contributed by atoms with Crippen molar-refractivity contribution in [3.63, 3.8) is 0 Å². The fraction of sp³-hybridized carbons (Fsp3) is 0.653. The maximum Gasteiger partial charge on any atom is 0.511 e. The summed E-state index contributed by atoms with van der Waals surface area (Å²) in [5, 5.41) is 0. The van der Waals surface area contributed by atoms with E-state index in [0.29, 0.717) is 50.8 Å². The summed E-state index contributed by atoms with van der Waals surface area (Å²) in [6.07, 6.45) is -18.1. The fourth-order valence-corrected chi connectivity index (χ4v) is 6.63. The molecule has 3 atom stereocenters. The van der Waals surface area contributed by atoms with Gasteiger partial charge in [0.05, 0.1) is 12.7 Å². The second-order valence-electron chi connectivity index (χ2n) is 18.3. The Bertz CT molecular complexity index is 2100. The zero-order chi connectivity index (χ0) is 53.6. The number of esters is 2. The number of amides is 2. The number of hydrogen-bond acceptors (Lipinski definition) is 15. The highest BCUT2D eigenvalue weighted by Crippen LogP contribution is 2.30. The van der Waals surface area contributed by atoms with Gasteiger partial charge in [0.2, 0.25) is 6.29 Å². The van der Waals surface area contributed by atoms with Crippen molar-refractivity contribution in [3.05, 3.63) is 58.7 Å². The molecule has 2 aromatic carbocycles. The molecule has 2 aliphatic rings. The first kappa shape index (κ1) is 62.4. The van der Waals surface area contributed by atoms with E-state index < -0.39 is 78.4 Å². The summed E-state index contributed by atoms with van der Waals surface area (Å²) in [5.41, 5.74) is 0.852. The van der Waals surface area contributed by atoms with Crippen LogP contribution in [0.4, 0.5) is 40.7 Å². The minimum Gasteiger partial charge on any atom is -0.476 e. The lowest BCUT2D eigenvalue weighted by Crippen LogP contribution is -2.49. The first-order valence-corrected chi connectivity index (χ1v) is 23.1. The van der Waals surface area contributed by atoms with Crippen molar-refractivity contribution in [3.8, 4) is 11.5 Å². The van der Waals surface area contributed by atoms with Gasteiger partial charge < -0.3 is 47.7 Å². The average Bonchev–Trinajstić information content (AvgIpc) is 3.25. The van der Waals surface area contributed by atoms with Crippen molar-refractivity contribution in [2.75, 3.05) is 59.0 Å². The number of nitrogens with zero attached hydrogens (tertiary/aromatic N) is 4. The van der Waals surface area contributed by atoms with Crippen molar-refractivity contribution < 1.29 is 88.2 Å². The minimum absolute atomic E-state index is 0. The number of alkyl halides is 6. The van der Waals surface area contributed by atoms with Crippen LogP contribution in [-0.4, -0.2) is 157 Å². The molecule has 3 unspecified atom stereocenters. The second-order valence-corrected chi connectivity index (χ2v) is 18.3. The number of piperazine rings is 2. The number of hydrogen-bond donors (Lipinski definition) is 0. The molecule has 2 aromatic rings. The third-order valence-corrected chi connectivity index (χ3v) is 10.8. The van der Waals surface area contributed by atoms with Crippen LogP contribution in [-0.2, 0) is 51.1 Å². The Balaban J connectivity index is 0.000000496. The molecule has 23 heteroatoms. The Labute approximate surface area is 418 Å². The SMILES string of the molecule is C.CCOC(=O)C(C)(C)Oc1cc(C)ccc1CN1CCN(C(=O)OC(C)C(F)(F)F)CC1.Cc1ccc(CN2CCN(C(=O)OC(C)C(F)(F)F)CC2)c(OC(C)(C)C(=O)OC(C)OC(=O)OC(C)C)c1. The van der Waals surface area contributed by atoms with Crippen LogP contribution in [0.2, 0.25) is 0 Å². The van der Waals surface area contributed by atoms with E-state index in [1.165, 1.54) is 30.6 Å². The summed E-state index contributed by atoms with van der Waals surface area (Å²) in [7, 11) is 0. The Morgan fingerprint density at radius 2 is 0.931 bits per heavy atom. The zero-order valence-electron chi connectivity index (χ0n) is 42.4. The van der Waals surface area contributed by atoms with Crippen LogP contribution < -0.4 is 9.47 Å². The van der Waals surface area contributed by atoms with E-state index in [1.807, 2.05) is 49.1 Å². The first-order valence-electron chi connectivity index (χ1n) is 23.1. The number of halogens is 6. The molecule has 0 saturated carbocycles. The summed E-state index contributed by atoms with van der Waals surface area (Å²) in [5.74, 6) is -0.234. The van der Waals surface area contributed by atoms with Gasteiger partial charge in [-0.3, -0.25) is 9.80 Å². The molecule has 0 N–H and O–H groups in total. The number of aryl methyl sites for hydroxylation is 2. The maximum absolute atomic E-state index is 12.8. The first-order chi connectivity index (χ1) is 32.8. The van der Waals surface area contributed by atoms with Gasteiger partial charge in [0.15, 0.2) is 23.4 Å². The van der Waals surface area contributed by atoms with E-state index in [-0.39, 0.29) is 40.2 Å². The molecule has 2 aliphatic heterocycles. The van der Waals surface area contributed by atoms with Crippen LogP contribution >= 0.6 is 0 Å². The Morgan fingerprint density at radius 3 is 1.28 bits per heavy atom. The molecule has 2 fully saturated rings. The van der Waals surface area contributed by atoms with Crippen LogP contribution in [0.15, 0.2) is 36.4 Å². The van der Waals surface area contributed by atoms with Gasteiger partial charge in [-0.2, -0.15) is 26.3 Å². The van der Waals surface area contributed by atoms with Gasteiger partial charge >= 0.3 is 42.6 Å². The lowest BCUT2D eigenvalue weighted by atomic mass is 10.1. The summed E-state index contributed by atoms with van der Waals surface area (Å²) in [4.78, 5) is 67.4. The number of carbonyl (C=O) groups excluding carboxylic acids is 5. The lowest BCUT2D eigenvalue weighted by Gasteiger charge is -2.35. The highest BCUT2D eigenvalue weighted by atomic mass is 19.4. The van der Waals surface area contributed by atoms with E-state index in [4.69, 9.17) is 28.4 Å². The Morgan fingerprint density at radius 1 is 0.556 bits per heavy atom. The summed E-state index contributed by atoms with van der Waals surface area (Å²) < 4.78 is 117. The van der Waals surface area contributed by atoms with Crippen molar-refractivity contribution in [1.82, 2.24) is 19.6 Å². The highest BCUT2D eigenvalue weighted by molar-refractivity contribution is 5.80. The van der Waals surface area contributed by atoms with Gasteiger partial charge in [0, 0.05) is 83.5 Å². The molecular weight excluding hydrogens is 967 g/mol. The fourth-order valence-electron chi connectivity index (χ4n) is 6.63. The zero-order valence-corrected chi connectivity index (χ0v) is 42.4. The Hall–Kier alpha value is -5.71. The van der Waals surface area contributed by atoms with Crippen LogP contribution in [0, 0.1) is 13.8 Å². The maximum atomic E-state index is 12.8. The van der Waals surface area contributed by atoms with E-state index in [2.05, 4.69) is 14.4 Å². The largest absolute Gasteiger partial charge is 0.511 e. The standard InChI is InChI=1S/C26H37F3N2O8.C22H31F3N2O5.CH4/c1-16(2)35-24(34)38-19(5)37-22(32)25(6,7)39-21-14-17(3)8-9-20(21)15-30-10-12-31(13-11-30)23(33)36-18(4)26(27,28)29;1-6-30-19(28)21(4,5)32-18-13-15(2)7-8-17(18)14-26-9-11-27(12-10-26)20(29)31-16(3)22(23,24)25;/h8-9,14,16,18-19H,10-13,15H2,1-7H3;7-8,13,16H,6,9-12,14H2,1-5H3;1H4. The lowest BCUT2D eigenvalue weighted by molar-refractivity contribution is -0.200. The summed E-state index contributed by atoms with van der Waals surface area (Å²) in [6, 6.07) is 11.2. The molecule has 2 amide bonds. The van der Waals surface area contributed by atoms with Gasteiger partial charge in [-0.1, -0.05) is 31.7 Å². The molecule has 0 bridgehead atoms. The van der Waals surface area contributed by atoms with Crippen LogP contribution in [0.25, 0.3) is 0 Å². The summed E-state index contributed by atoms with van der Waals surface area (Å²) in [6.45, 7) is 21.9. The van der Waals surface area contributed by atoms with Crippen molar-refractivity contribution in [2.45, 2.75) is 152 Å². The van der Waals surface area contributed by atoms with Crippen LogP contribution in [0.3, 0.4) is 0 Å². The van der Waals surface area contributed by atoms with E-state index >= 15 is 0 Å². The number of carbonyl (C=O) groups is 5. The molecule has 0 radical (unpaired) electrons. The second kappa shape index (κ2) is 26.8. The molecule has 408 valence electrons. The number of benzene rings is 2. The topological polar surface area (TPSA) is 172 Å². The van der Waals surface area contributed by atoms with Crippen LogP contribution in [0.5, 0.6) is 11.5 Å². The van der Waals surface area contributed by atoms with Gasteiger partial charge in [-0.05, 0) is 99.4 Å². The predicted molar refractivity (Wildman–Crippen MR) is 251 cm³/mol. The normalized spacial score (nSPS) is 16.2. The molecule has 0 aliphatic carbocycles. The van der Waals surface area contributed by atoms with Gasteiger partial charge in [0.1, 0.15) is 11.5 Å². The van der Waals surface area contributed by atoms with Crippen molar-refractivity contribution >= 4 is 30.3 Å². The van der Waals surface area contributed by atoms with Gasteiger partial charge in [-0.15, -0.1) is 0 Å². The predicted octanol–water partition coefficient (Wildman–Crippen LogP) is 9.36.